The fraction of sp³-hybridized carbons (Fsp3) is 0.900. The highest BCUT2D eigenvalue weighted by atomic mass is 32.2. The molecule has 0 aromatic heterocycles. The zero-order chi connectivity index (χ0) is 10.8. The third-order valence-electron chi connectivity index (χ3n) is 3.31. The second-order valence-electron chi connectivity index (χ2n) is 4.32. The van der Waals surface area contributed by atoms with Crippen molar-refractivity contribution in [2.45, 2.75) is 49.8 Å². The maximum absolute atomic E-state index is 12.1. The lowest BCUT2D eigenvalue weighted by Gasteiger charge is -2.23. The van der Waals surface area contributed by atoms with Crippen LogP contribution in [0.1, 0.15) is 38.5 Å². The van der Waals surface area contributed by atoms with E-state index in [1.54, 1.807) is 4.31 Å². The van der Waals surface area contributed by atoms with E-state index in [4.69, 9.17) is 5.11 Å². The lowest BCUT2D eigenvalue weighted by molar-refractivity contribution is -0.140. The number of hydrogen-bond acceptors (Lipinski definition) is 2. The second kappa shape index (κ2) is 4.61. The van der Waals surface area contributed by atoms with Crippen LogP contribution in [0.5, 0.6) is 0 Å². The van der Waals surface area contributed by atoms with Gasteiger partial charge in [0, 0.05) is 11.8 Å². The molecule has 5 heteroatoms. The molecular weight excluding hydrogens is 214 g/mol. The van der Waals surface area contributed by atoms with Gasteiger partial charge in [-0.15, -0.1) is 0 Å². The minimum Gasteiger partial charge on any atom is -0.480 e. The first-order valence-corrected chi connectivity index (χ1v) is 6.77. The van der Waals surface area contributed by atoms with E-state index in [9.17, 15) is 9.00 Å². The van der Waals surface area contributed by atoms with Gasteiger partial charge in [0.1, 0.15) is 6.04 Å². The lowest BCUT2D eigenvalue weighted by atomic mass is 10.2. The van der Waals surface area contributed by atoms with Crippen molar-refractivity contribution >= 4 is 17.0 Å². The molecule has 0 bridgehead atoms. The van der Waals surface area contributed by atoms with Crippen LogP contribution in [0.15, 0.2) is 0 Å². The molecule has 2 aliphatic rings. The molecule has 0 aromatic carbocycles. The molecule has 1 aliphatic heterocycles. The predicted octanol–water partition coefficient (Wildman–Crippen LogP) is 1.14. The van der Waals surface area contributed by atoms with Crippen molar-refractivity contribution in [3.63, 3.8) is 0 Å². The van der Waals surface area contributed by atoms with E-state index in [1.165, 1.54) is 0 Å². The molecule has 0 amide bonds. The highest BCUT2D eigenvalue weighted by Gasteiger charge is 2.37. The second-order valence-corrected chi connectivity index (χ2v) is 6.01. The van der Waals surface area contributed by atoms with E-state index >= 15 is 0 Å². The third-order valence-corrected chi connectivity index (χ3v) is 5.25. The van der Waals surface area contributed by atoms with Crippen molar-refractivity contribution in [1.82, 2.24) is 4.31 Å². The molecule has 4 nitrogen and oxygen atoms in total. The van der Waals surface area contributed by atoms with Gasteiger partial charge < -0.3 is 5.11 Å². The van der Waals surface area contributed by atoms with Crippen LogP contribution in [0.2, 0.25) is 0 Å². The molecule has 86 valence electrons. The van der Waals surface area contributed by atoms with Crippen molar-refractivity contribution in [3.8, 4) is 0 Å². The summed E-state index contributed by atoms with van der Waals surface area (Å²) in [5, 5.41) is 9.21. The number of nitrogens with zero attached hydrogens (tertiary/aromatic N) is 1. The summed E-state index contributed by atoms with van der Waals surface area (Å²) in [6.07, 6.45) is 5.78. The summed E-state index contributed by atoms with van der Waals surface area (Å²) in [4.78, 5) is 11.0. The molecule has 0 spiro atoms. The van der Waals surface area contributed by atoms with Crippen LogP contribution in [-0.4, -0.2) is 37.4 Å². The Hall–Kier alpha value is -0.420. The van der Waals surface area contributed by atoms with Gasteiger partial charge in [-0.3, -0.25) is 4.79 Å². The van der Waals surface area contributed by atoms with Gasteiger partial charge in [-0.2, -0.15) is 0 Å². The normalized spacial score (nSPS) is 30.8. The van der Waals surface area contributed by atoms with Crippen LogP contribution in [0, 0.1) is 0 Å². The van der Waals surface area contributed by atoms with Gasteiger partial charge in [0.15, 0.2) is 0 Å². The van der Waals surface area contributed by atoms with Crippen molar-refractivity contribution in [1.29, 1.82) is 0 Å². The van der Waals surface area contributed by atoms with Crippen LogP contribution in [0.3, 0.4) is 0 Å². The van der Waals surface area contributed by atoms with Gasteiger partial charge in [0.05, 0.1) is 11.0 Å². The predicted molar refractivity (Wildman–Crippen MR) is 57.8 cm³/mol. The summed E-state index contributed by atoms with van der Waals surface area (Å²) in [5.41, 5.74) is 0. The SMILES string of the molecule is O=C(O)C1CCCN1S(=O)C1CCCC1. The summed E-state index contributed by atoms with van der Waals surface area (Å²) < 4.78 is 13.8. The first kappa shape index (κ1) is 11.1. The Balaban J connectivity index is 2.02. The zero-order valence-corrected chi connectivity index (χ0v) is 9.54. The summed E-state index contributed by atoms with van der Waals surface area (Å²) in [6.45, 7) is 0.681. The summed E-state index contributed by atoms with van der Waals surface area (Å²) in [5.74, 6) is -0.821. The van der Waals surface area contributed by atoms with Crippen molar-refractivity contribution < 1.29 is 14.1 Å². The van der Waals surface area contributed by atoms with Crippen molar-refractivity contribution in [3.05, 3.63) is 0 Å². The summed E-state index contributed by atoms with van der Waals surface area (Å²) >= 11 is 0. The molecule has 1 N–H and O–H groups in total. The van der Waals surface area contributed by atoms with Crippen molar-refractivity contribution in [2.24, 2.45) is 0 Å². The van der Waals surface area contributed by atoms with Gasteiger partial charge in [-0.05, 0) is 25.7 Å². The quantitative estimate of drug-likeness (QED) is 0.792. The Morgan fingerprint density at radius 3 is 2.47 bits per heavy atom. The van der Waals surface area contributed by atoms with Crippen LogP contribution in [0.25, 0.3) is 0 Å². The number of carbonyl (C=O) groups is 1. The molecule has 1 saturated heterocycles. The van der Waals surface area contributed by atoms with E-state index < -0.39 is 23.0 Å². The first-order valence-electron chi connectivity index (χ1n) is 5.60. The van der Waals surface area contributed by atoms with E-state index in [-0.39, 0.29) is 5.25 Å². The smallest absolute Gasteiger partial charge is 0.321 e. The van der Waals surface area contributed by atoms with E-state index in [1.807, 2.05) is 0 Å². The minimum atomic E-state index is -1.07. The molecule has 2 atom stereocenters. The average Bonchev–Trinajstić information content (AvgIpc) is 2.88. The Morgan fingerprint density at radius 1 is 1.20 bits per heavy atom. The third kappa shape index (κ3) is 2.23. The van der Waals surface area contributed by atoms with Gasteiger partial charge in [0.2, 0.25) is 0 Å². The summed E-state index contributed by atoms with van der Waals surface area (Å²) in [7, 11) is -1.07. The Morgan fingerprint density at radius 2 is 1.87 bits per heavy atom. The van der Waals surface area contributed by atoms with Crippen LogP contribution >= 0.6 is 0 Å². The molecule has 0 radical (unpaired) electrons. The first-order chi connectivity index (χ1) is 7.20. The standard InChI is InChI=1S/C10H17NO3S/c12-10(13)9-6-3-7-11(9)15(14)8-4-1-2-5-8/h8-9H,1-7H2,(H,12,13). The molecular formula is C10H17NO3S. The fourth-order valence-electron chi connectivity index (χ4n) is 2.48. The van der Waals surface area contributed by atoms with Crippen LogP contribution in [0.4, 0.5) is 0 Å². The number of rotatable bonds is 3. The minimum absolute atomic E-state index is 0.213. The van der Waals surface area contributed by atoms with E-state index in [0.29, 0.717) is 13.0 Å². The zero-order valence-electron chi connectivity index (χ0n) is 8.72. The Bertz CT molecular complexity index is 276. The molecule has 15 heavy (non-hydrogen) atoms. The van der Waals surface area contributed by atoms with Crippen molar-refractivity contribution in [2.75, 3.05) is 6.54 Å². The van der Waals surface area contributed by atoms with Gasteiger partial charge in [-0.25, -0.2) is 8.51 Å². The Kier molecular flexibility index (Phi) is 3.41. The summed E-state index contributed by atoms with van der Waals surface area (Å²) in [6, 6.07) is -0.508. The number of aliphatic carboxylic acids is 1. The van der Waals surface area contributed by atoms with Crippen LogP contribution in [-0.2, 0) is 15.8 Å². The maximum Gasteiger partial charge on any atom is 0.321 e. The van der Waals surface area contributed by atoms with Gasteiger partial charge in [-0.1, -0.05) is 12.8 Å². The molecule has 2 rings (SSSR count). The van der Waals surface area contributed by atoms with E-state index in [0.717, 1.165) is 32.1 Å². The highest BCUT2D eigenvalue weighted by Crippen LogP contribution is 2.28. The molecule has 1 aliphatic carbocycles. The monoisotopic (exact) mass is 231 g/mol. The van der Waals surface area contributed by atoms with Crippen LogP contribution < -0.4 is 0 Å². The number of hydrogen-bond donors (Lipinski definition) is 1. The topological polar surface area (TPSA) is 57.6 Å². The average molecular weight is 231 g/mol. The molecule has 1 heterocycles. The molecule has 2 unspecified atom stereocenters. The molecule has 0 aromatic rings. The number of carboxylic acid groups (broad SMARTS) is 1. The highest BCUT2D eigenvalue weighted by molar-refractivity contribution is 7.83. The molecule has 1 saturated carbocycles. The van der Waals surface area contributed by atoms with Gasteiger partial charge >= 0.3 is 5.97 Å². The lowest BCUT2D eigenvalue weighted by Crippen LogP contribution is -2.40. The Labute approximate surface area is 92.2 Å². The number of carboxylic acids is 1. The van der Waals surface area contributed by atoms with E-state index in [2.05, 4.69) is 0 Å². The van der Waals surface area contributed by atoms with Gasteiger partial charge in [0.25, 0.3) is 0 Å². The largest absolute Gasteiger partial charge is 0.480 e. The fourth-order valence-corrected chi connectivity index (χ4v) is 4.36. The maximum atomic E-state index is 12.1. The molecule has 2 fully saturated rings.